The summed E-state index contributed by atoms with van der Waals surface area (Å²) in [6, 6.07) is 33.7. The zero-order chi connectivity index (χ0) is 28.1. The van der Waals surface area contributed by atoms with Gasteiger partial charge in [-0.15, -0.1) is 0 Å². The number of hydrogen-bond donors (Lipinski definition) is 1. The maximum atomic E-state index is 13.3. The Kier molecular flexibility index (Phi) is 8.01. The van der Waals surface area contributed by atoms with E-state index in [1.54, 1.807) is 4.90 Å². The third-order valence-electron chi connectivity index (χ3n) is 7.91. The van der Waals surface area contributed by atoms with Crippen LogP contribution in [0.15, 0.2) is 103 Å². The van der Waals surface area contributed by atoms with Crippen molar-refractivity contribution in [2.45, 2.75) is 51.6 Å². The van der Waals surface area contributed by atoms with Gasteiger partial charge in [-0.25, -0.2) is 0 Å². The van der Waals surface area contributed by atoms with Crippen LogP contribution in [-0.2, 0) is 23.2 Å². The second kappa shape index (κ2) is 11.8. The van der Waals surface area contributed by atoms with E-state index in [1.165, 1.54) is 5.56 Å². The molecule has 1 heterocycles. The number of ether oxygens (including phenoxy) is 1. The quantitative estimate of drug-likeness (QED) is 0.252. The molecule has 0 fully saturated rings. The van der Waals surface area contributed by atoms with E-state index in [2.05, 4.69) is 50.4 Å². The summed E-state index contributed by atoms with van der Waals surface area (Å²) in [5.41, 5.74) is 5.71. The summed E-state index contributed by atoms with van der Waals surface area (Å²) in [5.74, 6) is 0.513. The third kappa shape index (κ3) is 6.09. The lowest BCUT2D eigenvalue weighted by Crippen LogP contribution is -2.38. The summed E-state index contributed by atoms with van der Waals surface area (Å²) in [6.45, 7) is 7.01. The van der Waals surface area contributed by atoms with Crippen LogP contribution < -0.4 is 15.0 Å². The van der Waals surface area contributed by atoms with Crippen LogP contribution in [0.3, 0.4) is 0 Å². The highest BCUT2D eigenvalue weighted by atomic mass is 16.5. The average molecular weight is 533 g/mol. The van der Waals surface area contributed by atoms with Gasteiger partial charge in [-0.2, -0.15) is 0 Å². The van der Waals surface area contributed by atoms with Crippen LogP contribution in [0.5, 0.6) is 5.75 Å². The van der Waals surface area contributed by atoms with Gasteiger partial charge in [-0.05, 0) is 64.8 Å². The van der Waals surface area contributed by atoms with Crippen molar-refractivity contribution >= 4 is 17.5 Å². The molecule has 40 heavy (non-hydrogen) atoms. The normalized spacial score (nSPS) is 13.8. The van der Waals surface area contributed by atoms with E-state index in [0.29, 0.717) is 18.5 Å². The highest BCUT2D eigenvalue weighted by Gasteiger charge is 2.28. The van der Waals surface area contributed by atoms with Gasteiger partial charge in [-0.3, -0.25) is 9.59 Å². The lowest BCUT2D eigenvalue weighted by molar-refractivity contribution is -0.121. The SMILES string of the molecule is CCC(C)(C)c1ccc2c(c1)N(Cc1ccc(C(=O)NC(Cc3ccccc3)c3ccccc3)cc1)C(=O)CO2. The minimum absolute atomic E-state index is 0.00563. The maximum absolute atomic E-state index is 13.3. The predicted octanol–water partition coefficient (Wildman–Crippen LogP) is 7.01. The number of benzene rings is 4. The van der Waals surface area contributed by atoms with Gasteiger partial charge in [-0.1, -0.05) is 99.6 Å². The van der Waals surface area contributed by atoms with Crippen LogP contribution in [0.2, 0.25) is 0 Å². The Morgan fingerprint density at radius 1 is 0.900 bits per heavy atom. The molecule has 0 saturated heterocycles. The van der Waals surface area contributed by atoms with E-state index in [4.69, 9.17) is 4.74 Å². The largest absolute Gasteiger partial charge is 0.482 e. The highest BCUT2D eigenvalue weighted by Crippen LogP contribution is 2.38. The number of nitrogens with zero attached hydrogens (tertiary/aromatic N) is 1. The van der Waals surface area contributed by atoms with E-state index < -0.39 is 0 Å². The smallest absolute Gasteiger partial charge is 0.265 e. The van der Waals surface area contributed by atoms with Gasteiger partial charge in [0.05, 0.1) is 18.3 Å². The molecule has 0 spiro atoms. The molecule has 1 aliphatic rings. The minimum atomic E-state index is -0.153. The standard InChI is InChI=1S/C35H36N2O3/c1-4-35(2,3)29-19-20-32-31(22-29)37(33(38)24-40-32)23-26-15-17-28(18-16-26)34(39)36-30(27-13-9-6-10-14-27)21-25-11-7-5-8-12-25/h5-20,22,30H,4,21,23-24H2,1-3H3,(H,36,39). The second-order valence-electron chi connectivity index (χ2n) is 11.0. The van der Waals surface area contributed by atoms with E-state index in [-0.39, 0.29) is 29.9 Å². The highest BCUT2D eigenvalue weighted by molar-refractivity contribution is 5.98. The molecule has 204 valence electrons. The lowest BCUT2D eigenvalue weighted by atomic mass is 9.82. The maximum Gasteiger partial charge on any atom is 0.265 e. The number of hydrogen-bond acceptors (Lipinski definition) is 3. The molecule has 5 heteroatoms. The third-order valence-corrected chi connectivity index (χ3v) is 7.91. The fraction of sp³-hybridized carbons (Fsp3) is 0.257. The molecule has 0 saturated carbocycles. The summed E-state index contributed by atoms with van der Waals surface area (Å²) in [5, 5.41) is 3.22. The van der Waals surface area contributed by atoms with Gasteiger partial charge < -0.3 is 15.0 Å². The summed E-state index contributed by atoms with van der Waals surface area (Å²) in [4.78, 5) is 28.0. The number of nitrogens with one attached hydrogen (secondary N) is 1. The van der Waals surface area contributed by atoms with Gasteiger partial charge >= 0.3 is 0 Å². The van der Waals surface area contributed by atoms with Crippen LogP contribution in [0.25, 0.3) is 0 Å². The Balaban J connectivity index is 1.32. The topological polar surface area (TPSA) is 58.6 Å². The molecular formula is C35H36N2O3. The summed E-state index contributed by atoms with van der Waals surface area (Å²) in [6.07, 6.45) is 1.69. The van der Waals surface area contributed by atoms with Crippen LogP contribution in [0, 0.1) is 0 Å². The van der Waals surface area contributed by atoms with E-state index in [0.717, 1.165) is 34.5 Å². The summed E-state index contributed by atoms with van der Waals surface area (Å²) < 4.78 is 5.73. The van der Waals surface area contributed by atoms with E-state index in [9.17, 15) is 9.59 Å². The molecule has 1 unspecified atom stereocenters. The van der Waals surface area contributed by atoms with Crippen molar-refractivity contribution in [2.24, 2.45) is 0 Å². The first-order chi connectivity index (χ1) is 19.3. The number of carbonyl (C=O) groups is 2. The predicted molar refractivity (Wildman–Crippen MR) is 160 cm³/mol. The number of rotatable bonds is 9. The van der Waals surface area contributed by atoms with Crippen LogP contribution in [0.4, 0.5) is 5.69 Å². The van der Waals surface area contributed by atoms with Crippen molar-refractivity contribution in [1.82, 2.24) is 5.32 Å². The Morgan fingerprint density at radius 3 is 2.25 bits per heavy atom. The van der Waals surface area contributed by atoms with Crippen LogP contribution in [0.1, 0.15) is 65.8 Å². The first-order valence-electron chi connectivity index (χ1n) is 13.9. The molecule has 5 nitrogen and oxygen atoms in total. The zero-order valence-corrected chi connectivity index (χ0v) is 23.4. The van der Waals surface area contributed by atoms with Gasteiger partial charge in [0.25, 0.3) is 11.8 Å². The minimum Gasteiger partial charge on any atom is -0.482 e. The van der Waals surface area contributed by atoms with Crippen LogP contribution in [-0.4, -0.2) is 18.4 Å². The number of carbonyl (C=O) groups excluding carboxylic acids is 2. The van der Waals surface area contributed by atoms with Crippen molar-refractivity contribution in [3.8, 4) is 5.75 Å². The van der Waals surface area contributed by atoms with Crippen molar-refractivity contribution in [2.75, 3.05) is 11.5 Å². The van der Waals surface area contributed by atoms with Crippen molar-refractivity contribution in [3.63, 3.8) is 0 Å². The van der Waals surface area contributed by atoms with Crippen molar-refractivity contribution in [3.05, 3.63) is 131 Å². The first kappa shape index (κ1) is 27.2. The number of anilines is 1. The van der Waals surface area contributed by atoms with E-state index in [1.807, 2.05) is 78.9 Å². The summed E-state index contributed by atoms with van der Waals surface area (Å²) >= 11 is 0. The molecular weight excluding hydrogens is 496 g/mol. The van der Waals surface area contributed by atoms with E-state index >= 15 is 0 Å². The Labute approximate surface area is 236 Å². The Hall–Kier alpha value is -4.38. The van der Waals surface area contributed by atoms with Gasteiger partial charge in [0, 0.05) is 5.56 Å². The molecule has 0 radical (unpaired) electrons. The molecule has 0 aromatic heterocycles. The van der Waals surface area contributed by atoms with Crippen LogP contribution >= 0.6 is 0 Å². The first-order valence-corrected chi connectivity index (χ1v) is 13.9. The Morgan fingerprint density at radius 2 is 1.57 bits per heavy atom. The Bertz CT molecular complexity index is 1460. The monoisotopic (exact) mass is 532 g/mol. The number of amides is 2. The molecule has 5 rings (SSSR count). The molecule has 1 aliphatic heterocycles. The van der Waals surface area contributed by atoms with Gasteiger partial charge in [0.2, 0.25) is 0 Å². The average Bonchev–Trinajstić information content (AvgIpc) is 2.99. The molecule has 4 aromatic carbocycles. The number of fused-ring (bicyclic) bond motifs is 1. The fourth-order valence-corrected chi connectivity index (χ4v) is 4.97. The molecule has 1 N–H and O–H groups in total. The van der Waals surface area contributed by atoms with Crippen molar-refractivity contribution < 1.29 is 14.3 Å². The fourth-order valence-electron chi connectivity index (χ4n) is 4.97. The summed E-state index contributed by atoms with van der Waals surface area (Å²) in [7, 11) is 0. The zero-order valence-electron chi connectivity index (χ0n) is 23.4. The lowest BCUT2D eigenvalue weighted by Gasteiger charge is -2.32. The van der Waals surface area contributed by atoms with Gasteiger partial charge in [0.1, 0.15) is 5.75 Å². The molecule has 0 aliphatic carbocycles. The van der Waals surface area contributed by atoms with Crippen molar-refractivity contribution in [1.29, 1.82) is 0 Å². The molecule has 1 atom stereocenters. The molecule has 4 aromatic rings. The van der Waals surface area contributed by atoms with Gasteiger partial charge in [0.15, 0.2) is 6.61 Å². The molecule has 0 bridgehead atoms. The second-order valence-corrected chi connectivity index (χ2v) is 11.0. The molecule has 2 amide bonds.